The van der Waals surface area contributed by atoms with Crippen LogP contribution in [0, 0.1) is 5.92 Å². The first-order valence-electron chi connectivity index (χ1n) is 9.16. The fourth-order valence-corrected chi connectivity index (χ4v) is 4.65. The molecule has 1 saturated heterocycles. The Morgan fingerprint density at radius 3 is 2.15 bits per heavy atom. The zero-order valence-electron chi connectivity index (χ0n) is 15.7. The third kappa shape index (κ3) is 4.54. The summed E-state index contributed by atoms with van der Waals surface area (Å²) in [5.41, 5.74) is 1.71. The van der Waals surface area contributed by atoms with E-state index in [1.54, 1.807) is 41.6 Å². The Morgan fingerprint density at radius 2 is 1.59 bits per heavy atom. The fourth-order valence-electron chi connectivity index (χ4n) is 3.23. The van der Waals surface area contributed by atoms with Gasteiger partial charge in [-0.1, -0.05) is 26.0 Å². The maximum atomic E-state index is 12.9. The van der Waals surface area contributed by atoms with Gasteiger partial charge >= 0.3 is 0 Å². The summed E-state index contributed by atoms with van der Waals surface area (Å²) in [6.45, 7) is 5.63. The van der Waals surface area contributed by atoms with Gasteiger partial charge in [0.05, 0.1) is 4.90 Å². The number of carbonyl (C=O) groups excluding carboxylic acids is 1. The van der Waals surface area contributed by atoms with Crippen molar-refractivity contribution >= 4 is 15.9 Å². The van der Waals surface area contributed by atoms with Crippen LogP contribution in [0.2, 0.25) is 0 Å². The van der Waals surface area contributed by atoms with Gasteiger partial charge in [-0.3, -0.25) is 9.78 Å². The first kappa shape index (κ1) is 19.5. The molecule has 1 aliphatic rings. The number of carbonyl (C=O) groups is 1. The normalized spacial score (nSPS) is 15.9. The van der Waals surface area contributed by atoms with Crippen LogP contribution in [0.3, 0.4) is 0 Å². The van der Waals surface area contributed by atoms with Gasteiger partial charge in [-0.25, -0.2) is 8.42 Å². The second-order valence-electron chi connectivity index (χ2n) is 7.17. The molecule has 0 atom stereocenters. The molecule has 0 spiro atoms. The van der Waals surface area contributed by atoms with E-state index < -0.39 is 10.0 Å². The van der Waals surface area contributed by atoms with E-state index in [4.69, 9.17) is 0 Å². The van der Waals surface area contributed by atoms with Crippen LogP contribution in [0.1, 0.15) is 29.8 Å². The molecule has 7 heteroatoms. The van der Waals surface area contributed by atoms with Crippen molar-refractivity contribution in [3.05, 3.63) is 59.9 Å². The molecule has 27 heavy (non-hydrogen) atoms. The molecule has 3 rings (SSSR count). The van der Waals surface area contributed by atoms with E-state index >= 15 is 0 Å². The first-order valence-corrected chi connectivity index (χ1v) is 10.6. The monoisotopic (exact) mass is 387 g/mol. The van der Waals surface area contributed by atoms with Crippen LogP contribution in [-0.4, -0.2) is 54.7 Å². The average molecular weight is 388 g/mol. The Balaban J connectivity index is 1.65. The van der Waals surface area contributed by atoms with Crippen LogP contribution in [0.25, 0.3) is 0 Å². The van der Waals surface area contributed by atoms with Gasteiger partial charge in [0.25, 0.3) is 5.91 Å². The highest BCUT2D eigenvalue weighted by molar-refractivity contribution is 7.89. The summed E-state index contributed by atoms with van der Waals surface area (Å²) in [7, 11) is -3.54. The largest absolute Gasteiger partial charge is 0.336 e. The third-order valence-corrected chi connectivity index (χ3v) is 6.57. The number of pyridine rings is 1. The van der Waals surface area contributed by atoms with Crippen LogP contribution in [0.5, 0.6) is 0 Å². The van der Waals surface area contributed by atoms with Gasteiger partial charge in [0.15, 0.2) is 0 Å². The minimum atomic E-state index is -3.54. The van der Waals surface area contributed by atoms with Gasteiger partial charge in [0.1, 0.15) is 0 Å². The number of piperazine rings is 1. The lowest BCUT2D eigenvalue weighted by Gasteiger charge is -2.34. The molecule has 1 amide bonds. The predicted octanol–water partition coefficient (Wildman–Crippen LogP) is 2.43. The van der Waals surface area contributed by atoms with Crippen molar-refractivity contribution in [2.45, 2.75) is 25.2 Å². The Labute approximate surface area is 160 Å². The number of hydrogen-bond acceptors (Lipinski definition) is 4. The molecule has 0 N–H and O–H groups in total. The minimum absolute atomic E-state index is 0.0903. The van der Waals surface area contributed by atoms with Crippen molar-refractivity contribution < 1.29 is 13.2 Å². The van der Waals surface area contributed by atoms with Gasteiger partial charge in [0.2, 0.25) is 10.0 Å². The molecule has 2 heterocycles. The molecule has 0 bridgehead atoms. The number of nitrogens with zero attached hydrogens (tertiary/aromatic N) is 3. The molecule has 0 radical (unpaired) electrons. The average Bonchev–Trinajstić information content (AvgIpc) is 2.68. The maximum absolute atomic E-state index is 12.9. The molecule has 1 aliphatic heterocycles. The van der Waals surface area contributed by atoms with Crippen molar-refractivity contribution in [2.75, 3.05) is 26.2 Å². The van der Waals surface area contributed by atoms with E-state index in [9.17, 15) is 13.2 Å². The second kappa shape index (κ2) is 8.19. The van der Waals surface area contributed by atoms with E-state index in [-0.39, 0.29) is 5.91 Å². The van der Waals surface area contributed by atoms with Crippen molar-refractivity contribution in [3.8, 4) is 0 Å². The third-order valence-electron chi connectivity index (χ3n) is 4.66. The molecular weight excluding hydrogens is 362 g/mol. The van der Waals surface area contributed by atoms with Crippen molar-refractivity contribution in [3.63, 3.8) is 0 Å². The quantitative estimate of drug-likeness (QED) is 0.790. The Bertz CT molecular complexity index is 872. The minimum Gasteiger partial charge on any atom is -0.336 e. The van der Waals surface area contributed by atoms with Crippen molar-refractivity contribution in [1.82, 2.24) is 14.2 Å². The lowest BCUT2D eigenvalue weighted by Crippen LogP contribution is -2.50. The van der Waals surface area contributed by atoms with Crippen molar-refractivity contribution in [1.29, 1.82) is 0 Å². The highest BCUT2D eigenvalue weighted by Gasteiger charge is 2.30. The molecule has 1 fully saturated rings. The Kier molecular flexibility index (Phi) is 5.92. The summed E-state index contributed by atoms with van der Waals surface area (Å²) >= 11 is 0. The van der Waals surface area contributed by atoms with Gasteiger partial charge in [-0.2, -0.15) is 4.31 Å². The number of benzene rings is 1. The Hall–Kier alpha value is -2.25. The number of sulfonamides is 1. The lowest BCUT2D eigenvalue weighted by atomic mass is 10.0. The summed E-state index contributed by atoms with van der Waals surface area (Å²) in [4.78, 5) is 18.4. The number of rotatable bonds is 5. The first-order chi connectivity index (χ1) is 12.9. The molecule has 0 aliphatic carbocycles. The van der Waals surface area contributed by atoms with Crippen molar-refractivity contribution in [2.24, 2.45) is 5.92 Å². The summed E-state index contributed by atoms with van der Waals surface area (Å²) in [5, 5.41) is 0. The molecule has 0 unspecified atom stereocenters. The number of amides is 1. The molecule has 2 aromatic rings. The van der Waals surface area contributed by atoms with E-state index in [1.807, 2.05) is 12.1 Å². The van der Waals surface area contributed by atoms with Gasteiger partial charge < -0.3 is 4.90 Å². The van der Waals surface area contributed by atoms with E-state index in [2.05, 4.69) is 18.8 Å². The van der Waals surface area contributed by atoms with Gasteiger partial charge in [-0.05, 0) is 42.2 Å². The van der Waals surface area contributed by atoms with Gasteiger partial charge in [-0.15, -0.1) is 0 Å². The molecular formula is C20H25N3O3S. The van der Waals surface area contributed by atoms with Crippen LogP contribution in [0.15, 0.2) is 53.7 Å². The summed E-state index contributed by atoms with van der Waals surface area (Å²) in [6.07, 6.45) is 4.09. The zero-order chi connectivity index (χ0) is 19.4. The van der Waals surface area contributed by atoms with Gasteiger partial charge in [0, 0.05) is 44.1 Å². The highest BCUT2D eigenvalue weighted by Crippen LogP contribution is 2.20. The second-order valence-corrected chi connectivity index (χ2v) is 9.11. The summed E-state index contributed by atoms with van der Waals surface area (Å²) < 4.78 is 27.2. The lowest BCUT2D eigenvalue weighted by molar-refractivity contribution is 0.0698. The highest BCUT2D eigenvalue weighted by atomic mass is 32.2. The summed E-state index contributed by atoms with van der Waals surface area (Å²) in [5.74, 6) is 0.436. The summed E-state index contributed by atoms with van der Waals surface area (Å²) in [6, 6.07) is 10.5. The van der Waals surface area contributed by atoms with E-state index in [0.717, 1.165) is 12.0 Å². The topological polar surface area (TPSA) is 70.6 Å². The predicted molar refractivity (Wildman–Crippen MR) is 104 cm³/mol. The molecule has 1 aromatic heterocycles. The van der Waals surface area contributed by atoms with Crippen LogP contribution in [0.4, 0.5) is 0 Å². The Morgan fingerprint density at radius 1 is 1.00 bits per heavy atom. The van der Waals surface area contributed by atoms with E-state index in [0.29, 0.717) is 42.6 Å². The SMILES string of the molecule is CC(C)Cc1ccc(S(=O)(=O)N2CCN(C(=O)c3ccncc3)CC2)cc1. The van der Waals surface area contributed by atoms with Crippen LogP contribution < -0.4 is 0 Å². The fraction of sp³-hybridized carbons (Fsp3) is 0.400. The molecule has 0 saturated carbocycles. The zero-order valence-corrected chi connectivity index (χ0v) is 16.5. The smallest absolute Gasteiger partial charge is 0.254 e. The standard InChI is InChI=1S/C20H25N3O3S/c1-16(2)15-17-3-5-19(6-4-17)27(25,26)23-13-11-22(12-14-23)20(24)18-7-9-21-10-8-18/h3-10,16H,11-15H2,1-2H3. The number of aromatic nitrogens is 1. The molecule has 6 nitrogen and oxygen atoms in total. The van der Waals surface area contributed by atoms with E-state index in [1.165, 1.54) is 4.31 Å². The van der Waals surface area contributed by atoms with Crippen LogP contribution in [-0.2, 0) is 16.4 Å². The maximum Gasteiger partial charge on any atom is 0.254 e. The molecule has 144 valence electrons. The molecule has 1 aromatic carbocycles. The van der Waals surface area contributed by atoms with Crippen LogP contribution >= 0.6 is 0 Å². The number of hydrogen-bond donors (Lipinski definition) is 0.